The number of rotatable bonds is 2. The van der Waals surface area contributed by atoms with Crippen molar-refractivity contribution in [3.63, 3.8) is 0 Å². The minimum absolute atomic E-state index is 0.211. The van der Waals surface area contributed by atoms with Crippen molar-refractivity contribution in [3.05, 3.63) is 18.0 Å². The molecule has 0 bridgehead atoms. The molecular weight excluding hydrogens is 400 g/mol. The number of ether oxygens (including phenoxy) is 2. The van der Waals surface area contributed by atoms with E-state index in [-0.39, 0.29) is 23.8 Å². The van der Waals surface area contributed by atoms with Crippen LogP contribution in [0.4, 0.5) is 10.5 Å². The molecule has 2 saturated heterocycles. The summed E-state index contributed by atoms with van der Waals surface area (Å²) in [7, 11) is 0. The Kier molecular flexibility index (Phi) is 5.77. The molecule has 9 nitrogen and oxygen atoms in total. The Balaban J connectivity index is 1.49. The Hall–Kier alpha value is -2.84. The Labute approximate surface area is 182 Å². The summed E-state index contributed by atoms with van der Waals surface area (Å²) in [5.41, 5.74) is 1.30. The second-order valence-electron chi connectivity index (χ2n) is 9.33. The number of likely N-dealkylation sites (tertiary alicyclic amines) is 1. The van der Waals surface area contributed by atoms with Gasteiger partial charge in [-0.2, -0.15) is 0 Å². The van der Waals surface area contributed by atoms with E-state index < -0.39 is 11.6 Å². The second kappa shape index (κ2) is 8.36. The number of fused-ring (bicyclic) bond motifs is 1. The predicted molar refractivity (Wildman–Crippen MR) is 113 cm³/mol. The van der Waals surface area contributed by atoms with Gasteiger partial charge in [-0.3, -0.25) is 19.9 Å². The van der Waals surface area contributed by atoms with Crippen LogP contribution in [0.2, 0.25) is 0 Å². The maximum atomic E-state index is 12.4. The lowest BCUT2D eigenvalue weighted by Gasteiger charge is -2.39. The number of carbonyl (C=O) groups excluding carboxylic acids is 3. The minimum atomic E-state index is -0.510. The molecule has 2 fully saturated rings. The summed E-state index contributed by atoms with van der Waals surface area (Å²) in [5.74, 6) is 0.489. The van der Waals surface area contributed by atoms with Crippen LogP contribution in [0, 0.1) is 0 Å². The van der Waals surface area contributed by atoms with E-state index in [1.165, 1.54) is 0 Å². The van der Waals surface area contributed by atoms with Crippen LogP contribution in [0.5, 0.6) is 5.75 Å². The van der Waals surface area contributed by atoms with E-state index in [0.717, 1.165) is 29.8 Å². The zero-order chi connectivity index (χ0) is 22.2. The highest BCUT2D eigenvalue weighted by molar-refractivity contribution is 6.01. The smallest absolute Gasteiger partial charge is 0.410 e. The molecule has 31 heavy (non-hydrogen) atoms. The first kappa shape index (κ1) is 21.4. The highest BCUT2D eigenvalue weighted by Gasteiger charge is 2.37. The van der Waals surface area contributed by atoms with E-state index in [2.05, 4.69) is 10.3 Å². The zero-order valence-corrected chi connectivity index (χ0v) is 18.3. The predicted octanol–water partition coefficient (Wildman–Crippen LogP) is 2.20. The van der Waals surface area contributed by atoms with Crippen molar-refractivity contribution in [3.8, 4) is 5.75 Å². The highest BCUT2D eigenvalue weighted by Crippen LogP contribution is 2.42. The van der Waals surface area contributed by atoms with Crippen molar-refractivity contribution in [2.24, 2.45) is 0 Å². The number of piperidine rings is 2. The Morgan fingerprint density at radius 2 is 1.90 bits per heavy atom. The summed E-state index contributed by atoms with van der Waals surface area (Å²) in [6.45, 7) is 7.86. The van der Waals surface area contributed by atoms with E-state index in [1.807, 2.05) is 31.9 Å². The van der Waals surface area contributed by atoms with Gasteiger partial charge >= 0.3 is 6.09 Å². The SMILES string of the molecule is CC(C)(C)OC(=O)N1CCC(c2cncc3c2OCCN3C2CCC(=O)NC2=O)CC1. The lowest BCUT2D eigenvalue weighted by atomic mass is 9.89. The number of nitrogens with one attached hydrogen (secondary N) is 1. The van der Waals surface area contributed by atoms with Gasteiger partial charge in [0.05, 0.1) is 18.4 Å². The fourth-order valence-corrected chi connectivity index (χ4v) is 4.48. The molecule has 0 spiro atoms. The van der Waals surface area contributed by atoms with Gasteiger partial charge in [0.1, 0.15) is 24.0 Å². The van der Waals surface area contributed by atoms with Gasteiger partial charge in [0, 0.05) is 31.3 Å². The minimum Gasteiger partial charge on any atom is -0.489 e. The Morgan fingerprint density at radius 1 is 1.16 bits per heavy atom. The monoisotopic (exact) mass is 430 g/mol. The normalized spacial score (nSPS) is 22.5. The largest absolute Gasteiger partial charge is 0.489 e. The van der Waals surface area contributed by atoms with E-state index in [4.69, 9.17) is 9.47 Å². The van der Waals surface area contributed by atoms with Gasteiger partial charge in [-0.25, -0.2) is 4.79 Å². The number of amides is 3. The second-order valence-corrected chi connectivity index (χ2v) is 9.33. The lowest BCUT2D eigenvalue weighted by Crippen LogP contribution is -2.54. The van der Waals surface area contributed by atoms with Gasteiger partial charge in [-0.1, -0.05) is 0 Å². The third-order valence-electron chi connectivity index (χ3n) is 5.97. The van der Waals surface area contributed by atoms with E-state index in [1.54, 1.807) is 11.1 Å². The van der Waals surface area contributed by atoms with Crippen LogP contribution in [0.15, 0.2) is 12.4 Å². The molecular formula is C22H30N4O5. The molecule has 1 aromatic heterocycles. The van der Waals surface area contributed by atoms with Crippen LogP contribution in [0.3, 0.4) is 0 Å². The average Bonchev–Trinajstić information content (AvgIpc) is 2.72. The van der Waals surface area contributed by atoms with Crippen LogP contribution in [-0.4, -0.2) is 65.7 Å². The van der Waals surface area contributed by atoms with Crippen molar-refractivity contribution in [2.75, 3.05) is 31.1 Å². The first-order valence-electron chi connectivity index (χ1n) is 10.9. The molecule has 1 aromatic rings. The Morgan fingerprint density at radius 3 is 2.58 bits per heavy atom. The maximum absolute atomic E-state index is 12.4. The van der Waals surface area contributed by atoms with Crippen LogP contribution >= 0.6 is 0 Å². The number of anilines is 1. The fraction of sp³-hybridized carbons (Fsp3) is 0.636. The fourth-order valence-electron chi connectivity index (χ4n) is 4.48. The summed E-state index contributed by atoms with van der Waals surface area (Å²) >= 11 is 0. The summed E-state index contributed by atoms with van der Waals surface area (Å²) in [5, 5.41) is 2.44. The molecule has 4 heterocycles. The summed E-state index contributed by atoms with van der Waals surface area (Å²) in [4.78, 5) is 44.5. The van der Waals surface area contributed by atoms with E-state index in [0.29, 0.717) is 39.1 Å². The zero-order valence-electron chi connectivity index (χ0n) is 18.3. The van der Waals surface area contributed by atoms with E-state index >= 15 is 0 Å². The number of nitrogens with zero attached hydrogens (tertiary/aromatic N) is 3. The van der Waals surface area contributed by atoms with E-state index in [9.17, 15) is 14.4 Å². The summed E-state index contributed by atoms with van der Waals surface area (Å²) in [6.07, 6.45) is 5.69. The van der Waals surface area contributed by atoms with Gasteiger partial charge in [-0.15, -0.1) is 0 Å². The third kappa shape index (κ3) is 4.60. The Bertz CT molecular complexity index is 873. The van der Waals surface area contributed by atoms with Gasteiger partial charge < -0.3 is 19.3 Å². The van der Waals surface area contributed by atoms with Crippen molar-refractivity contribution >= 4 is 23.6 Å². The number of carbonyl (C=O) groups is 3. The van der Waals surface area contributed by atoms with Crippen molar-refractivity contribution in [1.29, 1.82) is 0 Å². The number of hydrogen-bond acceptors (Lipinski definition) is 7. The number of imide groups is 1. The lowest BCUT2D eigenvalue weighted by molar-refractivity contribution is -0.134. The molecule has 0 radical (unpaired) electrons. The molecule has 1 N–H and O–H groups in total. The standard InChI is InChI=1S/C22H30N4O5/c1-22(2,3)31-21(29)25-8-6-14(7-9-25)15-12-23-13-17-19(15)30-11-10-26(17)16-4-5-18(27)24-20(16)28/h12-14,16H,4-11H2,1-3H3,(H,24,27,28). The average molecular weight is 431 g/mol. The van der Waals surface area contributed by atoms with Gasteiger partial charge in [-0.05, 0) is 46.0 Å². The molecule has 0 aliphatic carbocycles. The first-order chi connectivity index (χ1) is 14.7. The quantitative estimate of drug-likeness (QED) is 0.718. The third-order valence-corrected chi connectivity index (χ3v) is 5.97. The van der Waals surface area contributed by atoms with Crippen molar-refractivity contribution < 1.29 is 23.9 Å². The molecule has 1 unspecified atom stereocenters. The molecule has 0 aromatic carbocycles. The molecule has 3 aliphatic heterocycles. The summed E-state index contributed by atoms with van der Waals surface area (Å²) in [6, 6.07) is -0.397. The molecule has 3 amide bonds. The molecule has 168 valence electrons. The first-order valence-corrected chi connectivity index (χ1v) is 10.9. The molecule has 4 rings (SSSR count). The van der Waals surface area contributed by atoms with Crippen LogP contribution in [-0.2, 0) is 14.3 Å². The van der Waals surface area contributed by atoms with Crippen molar-refractivity contribution in [2.45, 2.75) is 64.0 Å². The topological polar surface area (TPSA) is 101 Å². The van der Waals surface area contributed by atoms with Crippen LogP contribution in [0.1, 0.15) is 57.9 Å². The number of hydrogen-bond donors (Lipinski definition) is 1. The van der Waals surface area contributed by atoms with Gasteiger partial charge in [0.15, 0.2) is 0 Å². The molecule has 0 saturated carbocycles. The number of pyridine rings is 1. The summed E-state index contributed by atoms with van der Waals surface area (Å²) < 4.78 is 11.5. The molecule has 3 aliphatic rings. The molecule has 9 heteroatoms. The van der Waals surface area contributed by atoms with Gasteiger partial charge in [0.2, 0.25) is 11.8 Å². The van der Waals surface area contributed by atoms with Crippen molar-refractivity contribution in [1.82, 2.24) is 15.2 Å². The molecule has 1 atom stereocenters. The number of aromatic nitrogens is 1. The van der Waals surface area contributed by atoms with Crippen LogP contribution < -0.4 is 15.0 Å². The maximum Gasteiger partial charge on any atom is 0.410 e. The van der Waals surface area contributed by atoms with Gasteiger partial charge in [0.25, 0.3) is 0 Å². The highest BCUT2D eigenvalue weighted by atomic mass is 16.6. The van der Waals surface area contributed by atoms with Crippen LogP contribution in [0.25, 0.3) is 0 Å².